The van der Waals surface area contributed by atoms with E-state index in [1.54, 1.807) is 19.2 Å². The van der Waals surface area contributed by atoms with E-state index in [0.717, 1.165) is 24.6 Å². The van der Waals surface area contributed by atoms with Crippen molar-refractivity contribution >= 4 is 23.2 Å². The molecule has 0 aliphatic carbocycles. The van der Waals surface area contributed by atoms with Gasteiger partial charge in [-0.25, -0.2) is 4.98 Å². The summed E-state index contributed by atoms with van der Waals surface area (Å²) < 4.78 is 0. The first-order chi connectivity index (χ1) is 10.7. The van der Waals surface area contributed by atoms with Crippen molar-refractivity contribution in [2.45, 2.75) is 26.2 Å². The van der Waals surface area contributed by atoms with Gasteiger partial charge in [0.2, 0.25) is 5.95 Å². The summed E-state index contributed by atoms with van der Waals surface area (Å²) in [5.74, 6) is 1.57. The third-order valence-electron chi connectivity index (χ3n) is 3.85. The van der Waals surface area contributed by atoms with Crippen LogP contribution in [0.1, 0.15) is 36.5 Å². The Morgan fingerprint density at radius 3 is 2.77 bits per heavy atom. The minimum atomic E-state index is 0.0478. The van der Waals surface area contributed by atoms with Gasteiger partial charge in [0, 0.05) is 30.5 Å². The zero-order valence-corrected chi connectivity index (χ0v) is 12.7. The molecular weight excluding hydrogens is 276 g/mol. The predicted molar refractivity (Wildman–Crippen MR) is 87.8 cm³/mol. The zero-order valence-electron chi connectivity index (χ0n) is 12.7. The Bertz CT molecular complexity index is 665. The summed E-state index contributed by atoms with van der Waals surface area (Å²) in [5.41, 5.74) is 1.50. The van der Waals surface area contributed by atoms with Gasteiger partial charge >= 0.3 is 0 Å². The van der Waals surface area contributed by atoms with Crippen LogP contribution in [0, 0.1) is 0 Å². The van der Waals surface area contributed by atoms with E-state index in [-0.39, 0.29) is 5.78 Å². The number of anilines is 3. The molecule has 5 nitrogen and oxygen atoms in total. The lowest BCUT2D eigenvalue weighted by Gasteiger charge is -2.27. The Morgan fingerprint density at radius 1 is 1.18 bits per heavy atom. The quantitative estimate of drug-likeness (QED) is 0.876. The molecule has 1 aromatic heterocycles. The number of piperidine rings is 1. The van der Waals surface area contributed by atoms with Crippen molar-refractivity contribution in [2.75, 3.05) is 23.3 Å². The number of carbonyl (C=O) groups excluding carboxylic acids is 1. The normalized spacial score (nSPS) is 14.7. The highest BCUT2D eigenvalue weighted by Crippen LogP contribution is 2.20. The number of nitrogens with zero attached hydrogens (tertiary/aromatic N) is 3. The molecule has 0 atom stereocenters. The molecule has 2 aromatic rings. The fraction of sp³-hybridized carbons (Fsp3) is 0.353. The number of rotatable bonds is 4. The van der Waals surface area contributed by atoms with E-state index in [2.05, 4.69) is 20.2 Å². The fourth-order valence-corrected chi connectivity index (χ4v) is 2.65. The van der Waals surface area contributed by atoms with Gasteiger partial charge in [0.15, 0.2) is 5.78 Å². The van der Waals surface area contributed by atoms with E-state index in [9.17, 15) is 4.79 Å². The molecule has 1 fully saturated rings. The zero-order chi connectivity index (χ0) is 15.4. The molecule has 3 rings (SSSR count). The lowest BCUT2D eigenvalue weighted by molar-refractivity contribution is 0.101. The number of hydrogen-bond acceptors (Lipinski definition) is 5. The molecule has 1 aliphatic rings. The summed E-state index contributed by atoms with van der Waals surface area (Å²) in [7, 11) is 0. The highest BCUT2D eigenvalue weighted by molar-refractivity contribution is 5.95. The number of Topliss-reactive ketones (excluding diaryl/α,β-unsaturated/α-hetero) is 1. The standard InChI is InChI=1S/C17H20N4O/c1-13(22)14-6-5-7-15(12-14)19-17-18-9-8-16(20-17)21-10-3-2-4-11-21/h5-9,12H,2-4,10-11H2,1H3,(H,18,19,20). The third kappa shape index (κ3) is 3.42. The topological polar surface area (TPSA) is 58.1 Å². The van der Waals surface area contributed by atoms with Crippen LogP contribution in [-0.2, 0) is 0 Å². The number of benzene rings is 1. The Kier molecular flexibility index (Phi) is 4.32. The van der Waals surface area contributed by atoms with E-state index in [0.29, 0.717) is 11.5 Å². The molecule has 1 N–H and O–H groups in total. The van der Waals surface area contributed by atoms with Crippen molar-refractivity contribution in [3.8, 4) is 0 Å². The maximum Gasteiger partial charge on any atom is 0.229 e. The number of ketones is 1. The molecule has 114 valence electrons. The largest absolute Gasteiger partial charge is 0.356 e. The van der Waals surface area contributed by atoms with Gasteiger partial charge in [-0.05, 0) is 44.4 Å². The lowest BCUT2D eigenvalue weighted by atomic mass is 10.1. The van der Waals surface area contributed by atoms with Gasteiger partial charge in [0.1, 0.15) is 5.82 Å². The Hall–Kier alpha value is -2.43. The predicted octanol–water partition coefficient (Wildman–Crippen LogP) is 3.41. The average molecular weight is 296 g/mol. The van der Waals surface area contributed by atoms with Crippen LogP contribution in [0.15, 0.2) is 36.5 Å². The summed E-state index contributed by atoms with van der Waals surface area (Å²) in [6.45, 7) is 3.67. The molecule has 22 heavy (non-hydrogen) atoms. The SMILES string of the molecule is CC(=O)c1cccc(Nc2nccc(N3CCCCC3)n2)c1. The van der Waals surface area contributed by atoms with Crippen LogP contribution < -0.4 is 10.2 Å². The molecule has 0 amide bonds. The lowest BCUT2D eigenvalue weighted by Crippen LogP contribution is -2.30. The molecule has 0 bridgehead atoms. The first-order valence-corrected chi connectivity index (χ1v) is 7.68. The molecule has 5 heteroatoms. The van der Waals surface area contributed by atoms with Crippen LogP contribution in [0.2, 0.25) is 0 Å². The Labute approximate surface area is 130 Å². The minimum absolute atomic E-state index is 0.0478. The van der Waals surface area contributed by atoms with Crippen LogP contribution in [0.25, 0.3) is 0 Å². The number of nitrogens with one attached hydrogen (secondary N) is 1. The smallest absolute Gasteiger partial charge is 0.229 e. The van der Waals surface area contributed by atoms with Crippen LogP contribution in [0.5, 0.6) is 0 Å². The highest BCUT2D eigenvalue weighted by Gasteiger charge is 2.12. The van der Waals surface area contributed by atoms with Gasteiger partial charge < -0.3 is 10.2 Å². The molecule has 1 aliphatic heterocycles. The maximum atomic E-state index is 11.4. The van der Waals surface area contributed by atoms with Crippen molar-refractivity contribution in [2.24, 2.45) is 0 Å². The minimum Gasteiger partial charge on any atom is -0.356 e. The van der Waals surface area contributed by atoms with Gasteiger partial charge in [0.05, 0.1) is 0 Å². The van der Waals surface area contributed by atoms with Gasteiger partial charge in [-0.3, -0.25) is 4.79 Å². The molecule has 0 radical (unpaired) electrons. The summed E-state index contributed by atoms with van der Waals surface area (Å²) in [6, 6.07) is 9.33. The van der Waals surface area contributed by atoms with Crippen molar-refractivity contribution in [1.82, 2.24) is 9.97 Å². The Morgan fingerprint density at radius 2 is 2.00 bits per heavy atom. The second kappa shape index (κ2) is 6.56. The van der Waals surface area contributed by atoms with Crippen molar-refractivity contribution in [3.63, 3.8) is 0 Å². The second-order valence-corrected chi connectivity index (χ2v) is 5.55. The summed E-state index contributed by atoms with van der Waals surface area (Å²) in [6.07, 6.45) is 5.50. The number of carbonyl (C=O) groups is 1. The van der Waals surface area contributed by atoms with E-state index < -0.39 is 0 Å². The average Bonchev–Trinajstić information content (AvgIpc) is 2.56. The molecule has 0 saturated carbocycles. The third-order valence-corrected chi connectivity index (χ3v) is 3.85. The van der Waals surface area contributed by atoms with Gasteiger partial charge in [0.25, 0.3) is 0 Å². The number of hydrogen-bond donors (Lipinski definition) is 1. The monoisotopic (exact) mass is 296 g/mol. The molecule has 0 unspecified atom stereocenters. The first-order valence-electron chi connectivity index (χ1n) is 7.68. The van der Waals surface area contributed by atoms with Crippen LogP contribution >= 0.6 is 0 Å². The summed E-state index contributed by atoms with van der Waals surface area (Å²) in [4.78, 5) is 22.6. The molecule has 0 spiro atoms. The summed E-state index contributed by atoms with van der Waals surface area (Å²) >= 11 is 0. The van der Waals surface area contributed by atoms with Crippen molar-refractivity contribution in [1.29, 1.82) is 0 Å². The van der Waals surface area contributed by atoms with E-state index in [4.69, 9.17) is 0 Å². The molecule has 2 heterocycles. The number of aromatic nitrogens is 2. The molecule has 1 aromatic carbocycles. The maximum absolute atomic E-state index is 11.4. The van der Waals surface area contributed by atoms with Crippen molar-refractivity contribution < 1.29 is 4.79 Å². The highest BCUT2D eigenvalue weighted by atomic mass is 16.1. The van der Waals surface area contributed by atoms with Crippen LogP contribution in [0.3, 0.4) is 0 Å². The van der Waals surface area contributed by atoms with E-state index >= 15 is 0 Å². The van der Waals surface area contributed by atoms with E-state index in [1.165, 1.54) is 19.3 Å². The van der Waals surface area contributed by atoms with Crippen LogP contribution in [-0.4, -0.2) is 28.8 Å². The first kappa shape index (κ1) is 14.5. The fourth-order valence-electron chi connectivity index (χ4n) is 2.65. The van der Waals surface area contributed by atoms with Crippen molar-refractivity contribution in [3.05, 3.63) is 42.1 Å². The van der Waals surface area contributed by atoms with E-state index in [1.807, 2.05) is 24.3 Å². The Balaban J connectivity index is 1.77. The van der Waals surface area contributed by atoms with Gasteiger partial charge in [-0.1, -0.05) is 12.1 Å². The molecular formula is C17H20N4O. The van der Waals surface area contributed by atoms with Crippen LogP contribution in [0.4, 0.5) is 17.5 Å². The summed E-state index contributed by atoms with van der Waals surface area (Å²) in [5, 5.41) is 3.18. The second-order valence-electron chi connectivity index (χ2n) is 5.55. The molecule has 1 saturated heterocycles. The van der Waals surface area contributed by atoms with Gasteiger partial charge in [-0.2, -0.15) is 4.98 Å². The van der Waals surface area contributed by atoms with Gasteiger partial charge in [-0.15, -0.1) is 0 Å².